The number of benzene rings is 2. The Labute approximate surface area is 156 Å². The zero-order chi connectivity index (χ0) is 18.8. The summed E-state index contributed by atoms with van der Waals surface area (Å²) >= 11 is 0. The fourth-order valence-corrected chi connectivity index (χ4v) is 3.10. The second-order valence-electron chi connectivity index (χ2n) is 5.98. The van der Waals surface area contributed by atoms with E-state index in [0.717, 1.165) is 16.8 Å². The number of nitriles is 1. The third-order valence-electron chi connectivity index (χ3n) is 4.48. The molecule has 0 amide bonds. The number of aromatic nitrogens is 3. The van der Waals surface area contributed by atoms with E-state index in [1.54, 1.807) is 26.4 Å². The smallest absolute Gasteiger partial charge is 0.226 e. The summed E-state index contributed by atoms with van der Waals surface area (Å²) in [6, 6.07) is 15.2. The standard InChI is InChI=1S/C20H17N5O2/c1-26-18-8-7-15(9-19(18)27-2)16-10-17(25-20(24-16)22-12-23-25)14-5-3-13(11-21)4-6-14/h3-10,12,17H,1-2H3,(H,22,23,24). The van der Waals surface area contributed by atoms with E-state index >= 15 is 0 Å². The summed E-state index contributed by atoms with van der Waals surface area (Å²) in [5.41, 5.74) is 3.47. The first-order valence-corrected chi connectivity index (χ1v) is 8.34. The van der Waals surface area contributed by atoms with Gasteiger partial charge in [0.1, 0.15) is 12.4 Å². The highest BCUT2D eigenvalue weighted by atomic mass is 16.5. The molecule has 2 aromatic carbocycles. The van der Waals surface area contributed by atoms with Gasteiger partial charge in [-0.1, -0.05) is 12.1 Å². The van der Waals surface area contributed by atoms with Crippen LogP contribution >= 0.6 is 0 Å². The maximum absolute atomic E-state index is 9.02. The van der Waals surface area contributed by atoms with E-state index in [9.17, 15) is 0 Å². The van der Waals surface area contributed by atoms with Gasteiger partial charge in [-0.2, -0.15) is 15.3 Å². The fraction of sp³-hybridized carbons (Fsp3) is 0.150. The fourth-order valence-electron chi connectivity index (χ4n) is 3.10. The lowest BCUT2D eigenvalue weighted by molar-refractivity contribution is 0.355. The first kappa shape index (κ1) is 16.7. The van der Waals surface area contributed by atoms with Gasteiger partial charge < -0.3 is 14.8 Å². The van der Waals surface area contributed by atoms with Gasteiger partial charge in [0.05, 0.1) is 25.9 Å². The summed E-state index contributed by atoms with van der Waals surface area (Å²) < 4.78 is 12.5. The van der Waals surface area contributed by atoms with Crippen LogP contribution in [-0.4, -0.2) is 29.0 Å². The van der Waals surface area contributed by atoms with Crippen LogP contribution in [0.3, 0.4) is 0 Å². The van der Waals surface area contributed by atoms with Crippen LogP contribution in [0.4, 0.5) is 5.95 Å². The Morgan fingerprint density at radius 3 is 2.56 bits per heavy atom. The molecule has 1 aromatic heterocycles. The largest absolute Gasteiger partial charge is 0.493 e. The molecule has 0 aliphatic carbocycles. The van der Waals surface area contributed by atoms with Crippen molar-refractivity contribution in [3.05, 3.63) is 71.6 Å². The number of rotatable bonds is 4. The van der Waals surface area contributed by atoms with Crippen molar-refractivity contribution in [1.29, 1.82) is 5.26 Å². The van der Waals surface area contributed by atoms with Gasteiger partial charge in [0, 0.05) is 11.3 Å². The van der Waals surface area contributed by atoms with Gasteiger partial charge >= 0.3 is 0 Å². The van der Waals surface area contributed by atoms with Gasteiger partial charge in [0.15, 0.2) is 11.5 Å². The summed E-state index contributed by atoms with van der Waals surface area (Å²) in [6.45, 7) is 0. The first-order valence-electron chi connectivity index (χ1n) is 8.34. The van der Waals surface area contributed by atoms with Gasteiger partial charge in [-0.25, -0.2) is 4.68 Å². The zero-order valence-corrected chi connectivity index (χ0v) is 14.9. The van der Waals surface area contributed by atoms with E-state index in [0.29, 0.717) is 23.0 Å². The maximum Gasteiger partial charge on any atom is 0.226 e. The molecule has 2 heterocycles. The summed E-state index contributed by atoms with van der Waals surface area (Å²) in [6.07, 6.45) is 3.59. The highest BCUT2D eigenvalue weighted by Gasteiger charge is 2.24. The van der Waals surface area contributed by atoms with Gasteiger partial charge in [-0.05, 0) is 42.0 Å². The van der Waals surface area contributed by atoms with Crippen molar-refractivity contribution in [3.8, 4) is 17.6 Å². The number of anilines is 1. The SMILES string of the molecule is COc1ccc(C2=CC(c3ccc(C#N)cc3)n3ncnc3N2)cc1OC. The Kier molecular flexibility index (Phi) is 4.22. The van der Waals surface area contributed by atoms with Crippen LogP contribution in [-0.2, 0) is 0 Å². The molecule has 0 saturated carbocycles. The number of nitrogens with zero attached hydrogens (tertiary/aromatic N) is 4. The predicted octanol–water partition coefficient (Wildman–Crippen LogP) is 3.22. The molecule has 7 nitrogen and oxygen atoms in total. The van der Waals surface area contributed by atoms with Crippen LogP contribution in [0.5, 0.6) is 11.5 Å². The molecule has 0 bridgehead atoms. The van der Waals surface area contributed by atoms with Crippen LogP contribution in [0.15, 0.2) is 54.9 Å². The molecule has 1 unspecified atom stereocenters. The molecule has 7 heteroatoms. The predicted molar refractivity (Wildman–Crippen MR) is 100 cm³/mol. The Morgan fingerprint density at radius 2 is 1.85 bits per heavy atom. The second-order valence-corrected chi connectivity index (χ2v) is 5.98. The minimum atomic E-state index is -0.139. The Bertz CT molecular complexity index is 1050. The molecular formula is C20H17N5O2. The van der Waals surface area contributed by atoms with Crippen molar-refractivity contribution in [2.75, 3.05) is 19.5 Å². The van der Waals surface area contributed by atoms with Crippen molar-refractivity contribution in [2.24, 2.45) is 0 Å². The van der Waals surface area contributed by atoms with Gasteiger partial charge in [0.2, 0.25) is 5.95 Å². The molecule has 134 valence electrons. The van der Waals surface area contributed by atoms with E-state index in [-0.39, 0.29) is 6.04 Å². The number of ether oxygens (including phenoxy) is 2. The van der Waals surface area contributed by atoms with Crippen LogP contribution in [0.1, 0.15) is 22.7 Å². The van der Waals surface area contributed by atoms with E-state index in [1.165, 1.54) is 6.33 Å². The summed E-state index contributed by atoms with van der Waals surface area (Å²) in [5, 5.41) is 16.7. The van der Waals surface area contributed by atoms with E-state index in [2.05, 4.69) is 27.5 Å². The summed E-state index contributed by atoms with van der Waals surface area (Å²) in [5.74, 6) is 1.97. The molecule has 4 rings (SSSR count). The van der Waals surface area contributed by atoms with Crippen molar-refractivity contribution >= 4 is 11.6 Å². The molecular weight excluding hydrogens is 342 g/mol. The number of hydrogen-bond acceptors (Lipinski definition) is 6. The lowest BCUT2D eigenvalue weighted by Gasteiger charge is -2.24. The van der Waals surface area contributed by atoms with Crippen LogP contribution in [0.25, 0.3) is 5.70 Å². The third-order valence-corrected chi connectivity index (χ3v) is 4.48. The molecule has 1 aliphatic rings. The topological polar surface area (TPSA) is 85.0 Å². The third kappa shape index (κ3) is 2.98. The molecule has 1 N–H and O–H groups in total. The molecule has 0 radical (unpaired) electrons. The quantitative estimate of drug-likeness (QED) is 0.770. The van der Waals surface area contributed by atoms with Crippen LogP contribution < -0.4 is 14.8 Å². The zero-order valence-electron chi connectivity index (χ0n) is 14.9. The van der Waals surface area contributed by atoms with Crippen LogP contribution in [0, 0.1) is 11.3 Å². The molecule has 0 fully saturated rings. The van der Waals surface area contributed by atoms with Crippen molar-refractivity contribution in [3.63, 3.8) is 0 Å². The van der Waals surface area contributed by atoms with E-state index in [4.69, 9.17) is 14.7 Å². The summed E-state index contributed by atoms with van der Waals surface area (Å²) in [7, 11) is 3.22. The lowest BCUT2D eigenvalue weighted by Crippen LogP contribution is -2.20. The van der Waals surface area contributed by atoms with E-state index < -0.39 is 0 Å². The number of methoxy groups -OCH3 is 2. The van der Waals surface area contributed by atoms with E-state index in [1.807, 2.05) is 35.0 Å². The normalized spacial score (nSPS) is 15.1. The second kappa shape index (κ2) is 6.84. The molecule has 1 aliphatic heterocycles. The number of hydrogen-bond donors (Lipinski definition) is 1. The average molecular weight is 359 g/mol. The molecule has 0 spiro atoms. The molecule has 1 atom stereocenters. The van der Waals surface area contributed by atoms with Crippen LogP contribution in [0.2, 0.25) is 0 Å². The Balaban J connectivity index is 1.78. The highest BCUT2D eigenvalue weighted by molar-refractivity contribution is 5.78. The van der Waals surface area contributed by atoms with Crippen molar-refractivity contribution in [1.82, 2.24) is 14.8 Å². The minimum absolute atomic E-state index is 0.139. The highest BCUT2D eigenvalue weighted by Crippen LogP contribution is 2.35. The molecule has 0 saturated heterocycles. The van der Waals surface area contributed by atoms with Gasteiger partial charge in [-0.15, -0.1) is 0 Å². The summed E-state index contributed by atoms with van der Waals surface area (Å²) in [4.78, 5) is 4.31. The average Bonchev–Trinajstić information content (AvgIpc) is 3.21. The van der Waals surface area contributed by atoms with Gasteiger partial charge in [0.25, 0.3) is 0 Å². The minimum Gasteiger partial charge on any atom is -0.493 e. The number of nitrogens with one attached hydrogen (secondary N) is 1. The lowest BCUT2D eigenvalue weighted by atomic mass is 10.0. The van der Waals surface area contributed by atoms with Crippen molar-refractivity contribution in [2.45, 2.75) is 6.04 Å². The monoisotopic (exact) mass is 359 g/mol. The molecule has 3 aromatic rings. The van der Waals surface area contributed by atoms with Crippen molar-refractivity contribution < 1.29 is 9.47 Å². The maximum atomic E-state index is 9.02. The van der Waals surface area contributed by atoms with Gasteiger partial charge in [-0.3, -0.25) is 0 Å². The first-order chi connectivity index (χ1) is 13.2. The number of fused-ring (bicyclic) bond motifs is 1. The number of allylic oxidation sites excluding steroid dienone is 1. The molecule has 27 heavy (non-hydrogen) atoms. The Morgan fingerprint density at radius 1 is 1.07 bits per heavy atom. The Hall–Kier alpha value is -3.79.